The fraction of sp³-hybridized carbons (Fsp3) is 0.364. The van der Waals surface area contributed by atoms with E-state index >= 15 is 0 Å². The van der Waals surface area contributed by atoms with Gasteiger partial charge in [0.15, 0.2) is 5.78 Å². The molecular formula is C11H11Cl3O2. The molecule has 0 unspecified atom stereocenters. The highest BCUT2D eigenvalue weighted by atomic mass is 35.5. The average molecular weight is 282 g/mol. The molecule has 0 aromatic heterocycles. The molecule has 0 heterocycles. The molecule has 5 heteroatoms. The molecule has 0 radical (unpaired) electrons. The molecule has 0 atom stereocenters. The number of ketones is 1. The Bertz CT molecular complexity index is 391. The summed E-state index contributed by atoms with van der Waals surface area (Å²) in [7, 11) is 0. The van der Waals surface area contributed by atoms with Crippen LogP contribution in [0.2, 0.25) is 10.0 Å². The van der Waals surface area contributed by atoms with Gasteiger partial charge in [-0.05, 0) is 19.1 Å². The lowest BCUT2D eigenvalue weighted by molar-refractivity contribution is 0.0985. The Morgan fingerprint density at radius 3 is 2.62 bits per heavy atom. The van der Waals surface area contributed by atoms with Crippen molar-refractivity contribution >= 4 is 40.6 Å². The van der Waals surface area contributed by atoms with Gasteiger partial charge in [0.25, 0.3) is 0 Å². The van der Waals surface area contributed by atoms with E-state index in [0.717, 1.165) is 0 Å². The second-order valence-corrected chi connectivity index (χ2v) is 4.28. The van der Waals surface area contributed by atoms with E-state index in [9.17, 15) is 4.79 Å². The minimum atomic E-state index is -0.122. The molecule has 16 heavy (non-hydrogen) atoms. The standard InChI is InChI=1S/C11H11Cl3O2/c1-2-16-11-8(10(15)3-4-12)5-7(13)6-9(11)14/h5-6H,2-4H2,1H3. The smallest absolute Gasteiger partial charge is 0.167 e. The first-order valence-corrected chi connectivity index (χ1v) is 6.10. The van der Waals surface area contributed by atoms with Crippen LogP contribution in [0, 0.1) is 0 Å². The molecule has 1 rings (SSSR count). The van der Waals surface area contributed by atoms with Gasteiger partial charge in [0.05, 0.1) is 17.2 Å². The SMILES string of the molecule is CCOc1c(Cl)cc(Cl)cc1C(=O)CCCl. The molecule has 88 valence electrons. The molecule has 1 aromatic carbocycles. The van der Waals surface area contributed by atoms with Gasteiger partial charge in [-0.1, -0.05) is 23.2 Å². The van der Waals surface area contributed by atoms with Crippen molar-refractivity contribution in [3.05, 3.63) is 27.7 Å². The van der Waals surface area contributed by atoms with Crippen LogP contribution < -0.4 is 4.74 Å². The molecule has 2 nitrogen and oxygen atoms in total. The summed E-state index contributed by atoms with van der Waals surface area (Å²) in [6.07, 6.45) is 0.234. The molecule has 0 aliphatic heterocycles. The summed E-state index contributed by atoms with van der Waals surface area (Å²) in [5.74, 6) is 0.515. The highest BCUT2D eigenvalue weighted by molar-refractivity contribution is 6.36. The number of hydrogen-bond donors (Lipinski definition) is 0. The molecule has 0 N–H and O–H groups in total. The van der Waals surface area contributed by atoms with Crippen LogP contribution in [-0.4, -0.2) is 18.3 Å². The largest absolute Gasteiger partial charge is 0.492 e. The van der Waals surface area contributed by atoms with E-state index in [1.54, 1.807) is 12.1 Å². The summed E-state index contributed by atoms with van der Waals surface area (Å²) in [4.78, 5) is 11.8. The molecule has 0 fully saturated rings. The number of carbonyl (C=O) groups is 1. The summed E-state index contributed by atoms with van der Waals surface area (Å²) in [5, 5.41) is 0.749. The van der Waals surface area contributed by atoms with E-state index < -0.39 is 0 Å². The zero-order valence-electron chi connectivity index (χ0n) is 8.73. The number of carbonyl (C=O) groups excluding carboxylic acids is 1. The highest BCUT2D eigenvalue weighted by Crippen LogP contribution is 2.33. The topological polar surface area (TPSA) is 26.3 Å². The van der Waals surface area contributed by atoms with Crippen LogP contribution in [0.25, 0.3) is 0 Å². The Balaban J connectivity index is 3.17. The maximum Gasteiger partial charge on any atom is 0.167 e. The molecule has 1 aromatic rings. The van der Waals surface area contributed by atoms with Gasteiger partial charge >= 0.3 is 0 Å². The van der Waals surface area contributed by atoms with Crippen molar-refractivity contribution in [2.75, 3.05) is 12.5 Å². The molecule has 0 amide bonds. The fourth-order valence-electron chi connectivity index (χ4n) is 1.28. The zero-order chi connectivity index (χ0) is 12.1. The third-order valence-electron chi connectivity index (χ3n) is 1.92. The Morgan fingerprint density at radius 2 is 2.06 bits per heavy atom. The number of ether oxygens (including phenoxy) is 1. The van der Waals surface area contributed by atoms with Crippen molar-refractivity contribution in [2.45, 2.75) is 13.3 Å². The second-order valence-electron chi connectivity index (χ2n) is 3.06. The first-order chi connectivity index (χ1) is 7.60. The number of Topliss-reactive ketones (excluding diaryl/α,β-unsaturated/α-hetero) is 1. The normalized spacial score (nSPS) is 10.2. The minimum Gasteiger partial charge on any atom is -0.492 e. The summed E-state index contributed by atoms with van der Waals surface area (Å²) in [6, 6.07) is 3.10. The van der Waals surface area contributed by atoms with E-state index in [2.05, 4.69) is 0 Å². The number of alkyl halides is 1. The van der Waals surface area contributed by atoms with Crippen LogP contribution >= 0.6 is 34.8 Å². The second kappa shape index (κ2) is 6.33. The highest BCUT2D eigenvalue weighted by Gasteiger charge is 2.16. The maximum atomic E-state index is 11.8. The van der Waals surface area contributed by atoms with Crippen LogP contribution in [-0.2, 0) is 0 Å². The Morgan fingerprint density at radius 1 is 1.38 bits per heavy atom. The van der Waals surface area contributed by atoms with Crippen LogP contribution in [0.15, 0.2) is 12.1 Å². The molecular weight excluding hydrogens is 270 g/mol. The number of halogens is 3. The molecule has 0 aliphatic rings. The number of hydrogen-bond acceptors (Lipinski definition) is 2. The zero-order valence-corrected chi connectivity index (χ0v) is 11.0. The lowest BCUT2D eigenvalue weighted by Crippen LogP contribution is -2.05. The van der Waals surface area contributed by atoms with Gasteiger partial charge in [0.1, 0.15) is 5.75 Å². The lowest BCUT2D eigenvalue weighted by Gasteiger charge is -2.11. The van der Waals surface area contributed by atoms with Gasteiger partial charge in [0, 0.05) is 17.3 Å². The van der Waals surface area contributed by atoms with Crippen LogP contribution in [0.5, 0.6) is 5.75 Å². The summed E-state index contributed by atoms with van der Waals surface area (Å²) < 4.78 is 5.34. The minimum absolute atomic E-state index is 0.122. The van der Waals surface area contributed by atoms with Crippen molar-refractivity contribution in [1.29, 1.82) is 0 Å². The Hall–Kier alpha value is -0.440. The first-order valence-electron chi connectivity index (χ1n) is 4.81. The quantitative estimate of drug-likeness (QED) is 0.597. The third kappa shape index (κ3) is 3.27. The Kier molecular flexibility index (Phi) is 5.39. The van der Waals surface area contributed by atoms with Gasteiger partial charge in [-0.2, -0.15) is 0 Å². The van der Waals surface area contributed by atoms with E-state index in [0.29, 0.717) is 28.0 Å². The summed E-state index contributed by atoms with van der Waals surface area (Å²) in [5.41, 5.74) is 0.389. The molecule has 0 spiro atoms. The van der Waals surface area contributed by atoms with Gasteiger partial charge in [0.2, 0.25) is 0 Å². The molecule has 0 aliphatic carbocycles. The van der Waals surface area contributed by atoms with E-state index in [4.69, 9.17) is 39.5 Å². The predicted octanol–water partition coefficient (Wildman–Crippen LogP) is 4.20. The molecule has 0 saturated carbocycles. The van der Waals surface area contributed by atoms with Crippen LogP contribution in [0.4, 0.5) is 0 Å². The van der Waals surface area contributed by atoms with Crippen LogP contribution in [0.1, 0.15) is 23.7 Å². The summed E-state index contributed by atoms with van der Waals surface area (Å²) in [6.45, 7) is 2.25. The van der Waals surface area contributed by atoms with Gasteiger partial charge in [-0.3, -0.25) is 4.79 Å². The first kappa shape index (κ1) is 13.6. The van der Waals surface area contributed by atoms with Crippen molar-refractivity contribution in [3.8, 4) is 5.75 Å². The average Bonchev–Trinajstić information content (AvgIpc) is 2.22. The monoisotopic (exact) mass is 280 g/mol. The van der Waals surface area contributed by atoms with Gasteiger partial charge < -0.3 is 4.74 Å². The molecule has 0 saturated heterocycles. The lowest BCUT2D eigenvalue weighted by atomic mass is 10.1. The van der Waals surface area contributed by atoms with Crippen molar-refractivity contribution < 1.29 is 9.53 Å². The number of rotatable bonds is 5. The predicted molar refractivity (Wildman–Crippen MR) is 67.3 cm³/mol. The van der Waals surface area contributed by atoms with E-state index in [-0.39, 0.29) is 18.1 Å². The fourth-order valence-corrected chi connectivity index (χ4v) is 2.00. The summed E-state index contributed by atoms with van der Waals surface area (Å²) >= 11 is 17.3. The van der Waals surface area contributed by atoms with E-state index in [1.807, 2.05) is 6.92 Å². The van der Waals surface area contributed by atoms with Crippen molar-refractivity contribution in [3.63, 3.8) is 0 Å². The third-order valence-corrected chi connectivity index (χ3v) is 2.61. The molecule has 0 bridgehead atoms. The van der Waals surface area contributed by atoms with Crippen molar-refractivity contribution in [2.24, 2.45) is 0 Å². The maximum absolute atomic E-state index is 11.8. The van der Waals surface area contributed by atoms with E-state index in [1.165, 1.54) is 0 Å². The number of benzene rings is 1. The van der Waals surface area contributed by atoms with Crippen molar-refractivity contribution in [1.82, 2.24) is 0 Å². The Labute approximate surface area is 109 Å². The van der Waals surface area contributed by atoms with Gasteiger partial charge in [-0.15, -0.1) is 11.6 Å². The van der Waals surface area contributed by atoms with Crippen LogP contribution in [0.3, 0.4) is 0 Å². The van der Waals surface area contributed by atoms with Gasteiger partial charge in [-0.25, -0.2) is 0 Å².